The van der Waals surface area contributed by atoms with E-state index in [1.54, 1.807) is 14.2 Å². The maximum absolute atomic E-state index is 7.41. The second kappa shape index (κ2) is 14.6. The van der Waals surface area contributed by atoms with Crippen LogP contribution in [0.4, 0.5) is 0 Å². The summed E-state index contributed by atoms with van der Waals surface area (Å²) in [6, 6.07) is 14.7. The minimum Gasteiger partial charge on any atom is -0.699 e. The number of nitrogens with one attached hydrogen (secondary N) is 2. The average Bonchev–Trinajstić information content (AvgIpc) is 2.55. The van der Waals surface area contributed by atoms with E-state index in [1.807, 2.05) is 55.5 Å². The van der Waals surface area contributed by atoms with Gasteiger partial charge in [-0.25, -0.2) is 0 Å². The number of rotatable bonds is 4. The molecule has 0 saturated carbocycles. The fourth-order valence-corrected chi connectivity index (χ4v) is 1.68. The molecule has 0 fully saturated rings. The van der Waals surface area contributed by atoms with Gasteiger partial charge in [-0.05, 0) is 29.8 Å². The van der Waals surface area contributed by atoms with Gasteiger partial charge in [-0.15, -0.1) is 18.3 Å². The molecule has 1 unspecified atom stereocenters. The molecular formula is C18H22Ac2N2O2-2. The average molecular weight is 752 g/mol. The molecule has 2 N–H and O–H groups in total. The predicted molar refractivity (Wildman–Crippen MR) is 92.1 cm³/mol. The van der Waals surface area contributed by atoms with Crippen LogP contribution in [0.5, 0.6) is 11.5 Å². The van der Waals surface area contributed by atoms with E-state index in [2.05, 4.69) is 6.58 Å². The van der Waals surface area contributed by atoms with E-state index in [1.165, 1.54) is 0 Å². The van der Waals surface area contributed by atoms with Crippen molar-refractivity contribution >= 4 is 5.70 Å². The summed E-state index contributed by atoms with van der Waals surface area (Å²) in [5.41, 5.74) is 16.8. The van der Waals surface area contributed by atoms with Gasteiger partial charge >= 0.3 is 0 Å². The summed E-state index contributed by atoms with van der Waals surface area (Å²) < 4.78 is 9.95. The van der Waals surface area contributed by atoms with Crippen LogP contribution in [-0.2, 0) is 0 Å². The van der Waals surface area contributed by atoms with E-state index in [-0.39, 0.29) is 94.2 Å². The second-order valence-corrected chi connectivity index (χ2v) is 4.70. The van der Waals surface area contributed by atoms with Crippen molar-refractivity contribution in [2.45, 2.75) is 13.0 Å². The molecule has 0 saturated heterocycles. The van der Waals surface area contributed by atoms with Gasteiger partial charge in [0.05, 0.1) is 14.2 Å². The third-order valence-corrected chi connectivity index (χ3v) is 3.05. The molecule has 2 radical (unpaired) electrons. The molecule has 2 rings (SSSR count). The molecule has 0 heterocycles. The monoisotopic (exact) mass is 752 g/mol. The van der Waals surface area contributed by atoms with E-state index in [9.17, 15) is 0 Å². The van der Waals surface area contributed by atoms with Gasteiger partial charge in [0.25, 0.3) is 0 Å². The minimum atomic E-state index is -0.152. The van der Waals surface area contributed by atoms with Crippen LogP contribution in [0, 0.1) is 88.1 Å². The summed E-state index contributed by atoms with van der Waals surface area (Å²) in [7, 11) is 3.25. The topological polar surface area (TPSA) is 66.1 Å². The van der Waals surface area contributed by atoms with E-state index in [0.717, 1.165) is 22.6 Å². The zero-order valence-electron chi connectivity index (χ0n) is 14.4. The molecule has 2 aromatic carbocycles. The fourth-order valence-electron chi connectivity index (χ4n) is 1.68. The van der Waals surface area contributed by atoms with Crippen LogP contribution in [0.15, 0.2) is 55.1 Å². The maximum atomic E-state index is 7.41. The zero-order valence-corrected chi connectivity index (χ0v) is 23.9. The molecule has 4 nitrogen and oxygen atoms in total. The van der Waals surface area contributed by atoms with E-state index in [4.69, 9.17) is 20.9 Å². The van der Waals surface area contributed by atoms with Gasteiger partial charge in [0, 0.05) is 88.1 Å². The number of hydrogen-bond donors (Lipinski definition) is 0. The van der Waals surface area contributed by atoms with Gasteiger partial charge in [-0.3, -0.25) is 0 Å². The largest absolute Gasteiger partial charge is 0.699 e. The van der Waals surface area contributed by atoms with Crippen LogP contribution in [0.2, 0.25) is 0 Å². The Morgan fingerprint density at radius 2 is 1.25 bits per heavy atom. The Balaban J connectivity index is 0. The first-order valence-corrected chi connectivity index (χ1v) is 6.88. The summed E-state index contributed by atoms with van der Waals surface area (Å²) in [5.74, 6) is 1.64. The Morgan fingerprint density at radius 3 is 1.54 bits per heavy atom. The summed E-state index contributed by atoms with van der Waals surface area (Å²) in [6.45, 7) is 5.36. The molecular weight excluding hydrogens is 730 g/mol. The summed E-state index contributed by atoms with van der Waals surface area (Å²) in [5, 5.41) is 0. The van der Waals surface area contributed by atoms with Crippen molar-refractivity contribution in [2.24, 2.45) is 0 Å². The first-order valence-electron chi connectivity index (χ1n) is 6.88. The van der Waals surface area contributed by atoms with Gasteiger partial charge in [0.15, 0.2) is 0 Å². The van der Waals surface area contributed by atoms with Crippen LogP contribution >= 0.6 is 0 Å². The van der Waals surface area contributed by atoms with Crippen LogP contribution in [0.25, 0.3) is 17.2 Å². The van der Waals surface area contributed by atoms with Crippen molar-refractivity contribution in [3.8, 4) is 11.5 Å². The molecule has 1 atom stereocenters. The second-order valence-electron chi connectivity index (χ2n) is 4.70. The Labute approximate surface area is 216 Å². The molecule has 2 aromatic rings. The van der Waals surface area contributed by atoms with Gasteiger partial charge in [0.2, 0.25) is 0 Å². The molecule has 0 aromatic heterocycles. The molecule has 6 heteroatoms. The first kappa shape index (κ1) is 26.7. The van der Waals surface area contributed by atoms with E-state index in [0.29, 0.717) is 5.70 Å². The van der Waals surface area contributed by atoms with Gasteiger partial charge in [0.1, 0.15) is 11.5 Å². The summed E-state index contributed by atoms with van der Waals surface area (Å²) in [6.07, 6.45) is 0. The summed E-state index contributed by atoms with van der Waals surface area (Å²) >= 11 is 0. The molecule has 124 valence electrons. The van der Waals surface area contributed by atoms with Gasteiger partial charge < -0.3 is 20.9 Å². The van der Waals surface area contributed by atoms with Crippen molar-refractivity contribution in [2.75, 3.05) is 14.2 Å². The third-order valence-electron chi connectivity index (χ3n) is 3.05. The van der Waals surface area contributed by atoms with Crippen LogP contribution in [0.3, 0.4) is 0 Å². The molecule has 0 amide bonds. The predicted octanol–water partition coefficient (Wildman–Crippen LogP) is 5.53. The Hall–Kier alpha value is 0.423. The SMILES string of the molecule is C=C([NH-])c1ccc(OC)cc1.COc1ccc(C(C)[NH-])cc1.[Ac].[Ac]. The van der Waals surface area contributed by atoms with Crippen LogP contribution in [-0.4, -0.2) is 14.2 Å². The minimum absolute atomic E-state index is 0. The van der Waals surface area contributed by atoms with Crippen molar-refractivity contribution < 1.29 is 97.6 Å². The Morgan fingerprint density at radius 1 is 0.875 bits per heavy atom. The molecule has 0 bridgehead atoms. The van der Waals surface area contributed by atoms with Gasteiger partial charge in [-0.1, -0.05) is 36.8 Å². The van der Waals surface area contributed by atoms with E-state index >= 15 is 0 Å². The van der Waals surface area contributed by atoms with Crippen LogP contribution in [0.1, 0.15) is 24.1 Å². The molecule has 0 aliphatic heterocycles. The number of ether oxygens (including phenoxy) is 2. The molecule has 0 spiro atoms. The van der Waals surface area contributed by atoms with E-state index < -0.39 is 0 Å². The Kier molecular flexibility index (Phi) is 16.2. The molecule has 0 aliphatic carbocycles. The summed E-state index contributed by atoms with van der Waals surface area (Å²) in [4.78, 5) is 0. The van der Waals surface area contributed by atoms with Crippen molar-refractivity contribution in [3.05, 3.63) is 77.7 Å². The first-order chi connectivity index (χ1) is 10.5. The number of hydrogen-bond acceptors (Lipinski definition) is 2. The van der Waals surface area contributed by atoms with Crippen molar-refractivity contribution in [1.82, 2.24) is 0 Å². The number of benzene rings is 2. The molecule has 24 heavy (non-hydrogen) atoms. The maximum Gasteiger partial charge on any atom is 0.118 e. The quantitative estimate of drug-likeness (QED) is 0.413. The number of methoxy groups -OCH3 is 2. The smallest absolute Gasteiger partial charge is 0.118 e. The third kappa shape index (κ3) is 9.79. The molecule has 0 aliphatic rings. The Bertz CT molecular complexity index is 585. The van der Waals surface area contributed by atoms with Gasteiger partial charge in [-0.2, -0.15) is 0 Å². The van der Waals surface area contributed by atoms with Crippen molar-refractivity contribution in [3.63, 3.8) is 0 Å². The standard InChI is InChI=1S/C9H12NO.C9H10NO.2Ac/c2*1-7(10)8-3-5-9(11-2)6-4-8;;/h3-7,10H,1-2H3;3-6,10H,1H2,2H3;;/q2*-1;;. The fraction of sp³-hybridized carbons (Fsp3) is 0.222. The zero-order chi connectivity index (χ0) is 16.5. The normalized spacial score (nSPS) is 10.0. The van der Waals surface area contributed by atoms with Crippen molar-refractivity contribution in [1.29, 1.82) is 0 Å². The van der Waals surface area contributed by atoms with Crippen LogP contribution < -0.4 is 9.47 Å².